The lowest BCUT2D eigenvalue weighted by atomic mass is 10.1. The van der Waals surface area contributed by atoms with E-state index in [9.17, 15) is 9.59 Å². The number of anilines is 2. The number of carbonyl (C=O) groups excluding carboxylic acids is 2. The summed E-state index contributed by atoms with van der Waals surface area (Å²) >= 11 is 0. The monoisotopic (exact) mass is 282 g/mol. The second-order valence-electron chi connectivity index (χ2n) is 4.81. The molecule has 1 aliphatic rings. The number of amides is 2. The average Bonchev–Trinajstić information content (AvgIpc) is 2.91. The van der Waals surface area contributed by atoms with Crippen LogP contribution in [0.2, 0.25) is 0 Å². The molecule has 6 heteroatoms. The van der Waals surface area contributed by atoms with Gasteiger partial charge in [0.25, 0.3) is 5.91 Å². The van der Waals surface area contributed by atoms with Crippen molar-refractivity contribution in [1.29, 1.82) is 0 Å². The largest absolute Gasteiger partial charge is 0.321 e. The summed E-state index contributed by atoms with van der Waals surface area (Å²) in [5.41, 5.74) is 2.86. The summed E-state index contributed by atoms with van der Waals surface area (Å²) in [4.78, 5) is 33.2. The number of aromatic nitrogens is 2. The number of rotatable bonds is 2. The lowest BCUT2D eigenvalue weighted by Gasteiger charge is -2.15. The van der Waals surface area contributed by atoms with Gasteiger partial charge in [-0.25, -0.2) is 4.98 Å². The number of hydrogen-bond acceptors (Lipinski definition) is 4. The quantitative estimate of drug-likeness (QED) is 0.908. The van der Waals surface area contributed by atoms with E-state index >= 15 is 0 Å². The van der Waals surface area contributed by atoms with Crippen LogP contribution in [-0.4, -0.2) is 28.3 Å². The minimum atomic E-state index is -0.324. The van der Waals surface area contributed by atoms with Crippen molar-refractivity contribution in [2.24, 2.45) is 0 Å². The van der Waals surface area contributed by atoms with Crippen LogP contribution in [0.25, 0.3) is 0 Å². The summed E-state index contributed by atoms with van der Waals surface area (Å²) in [6, 6.07) is 5.58. The Balaban J connectivity index is 1.83. The second-order valence-corrected chi connectivity index (χ2v) is 4.81. The predicted molar refractivity (Wildman–Crippen MR) is 78.2 cm³/mol. The molecule has 1 aromatic heterocycles. The molecule has 0 fully saturated rings. The van der Waals surface area contributed by atoms with Crippen molar-refractivity contribution in [3.63, 3.8) is 0 Å². The van der Waals surface area contributed by atoms with E-state index in [1.165, 1.54) is 18.6 Å². The van der Waals surface area contributed by atoms with Crippen LogP contribution in [0.3, 0.4) is 0 Å². The molecule has 2 amide bonds. The lowest BCUT2D eigenvalue weighted by molar-refractivity contribution is -0.116. The summed E-state index contributed by atoms with van der Waals surface area (Å²) in [6.07, 6.45) is 5.23. The third-order valence-electron chi connectivity index (χ3n) is 3.41. The van der Waals surface area contributed by atoms with Gasteiger partial charge in [-0.2, -0.15) is 0 Å². The Kier molecular flexibility index (Phi) is 3.35. The first kappa shape index (κ1) is 13.2. The summed E-state index contributed by atoms with van der Waals surface area (Å²) < 4.78 is 0. The first-order valence-electron chi connectivity index (χ1n) is 6.63. The fourth-order valence-electron chi connectivity index (χ4n) is 2.40. The van der Waals surface area contributed by atoms with Crippen molar-refractivity contribution in [3.8, 4) is 0 Å². The molecule has 106 valence electrons. The van der Waals surface area contributed by atoms with Gasteiger partial charge in [0.05, 0.1) is 6.20 Å². The van der Waals surface area contributed by atoms with Crippen molar-refractivity contribution in [1.82, 2.24) is 9.97 Å². The van der Waals surface area contributed by atoms with Gasteiger partial charge in [-0.05, 0) is 24.1 Å². The van der Waals surface area contributed by atoms with E-state index in [1.807, 2.05) is 18.2 Å². The molecule has 0 atom stereocenters. The Labute approximate surface area is 121 Å². The third kappa shape index (κ3) is 2.60. The highest BCUT2D eigenvalue weighted by Gasteiger charge is 2.22. The van der Waals surface area contributed by atoms with Crippen molar-refractivity contribution >= 4 is 23.2 Å². The molecule has 1 N–H and O–H groups in total. The molecule has 3 rings (SSSR count). The molecule has 0 radical (unpaired) electrons. The SMILES string of the molecule is CC(=O)N1CCc2ccc(NC(=O)c3cnccn3)cc21. The molecule has 0 unspecified atom stereocenters. The maximum absolute atomic E-state index is 12.0. The Morgan fingerprint density at radius 3 is 2.86 bits per heavy atom. The standard InChI is InChI=1S/C15H14N4O2/c1-10(20)19-7-4-11-2-3-12(8-14(11)19)18-15(21)13-9-16-5-6-17-13/h2-3,5-6,8-9H,4,7H2,1H3,(H,18,21). The Hall–Kier alpha value is -2.76. The summed E-state index contributed by atoms with van der Waals surface area (Å²) in [5.74, 6) is -0.318. The molecule has 21 heavy (non-hydrogen) atoms. The Morgan fingerprint density at radius 2 is 2.14 bits per heavy atom. The highest BCUT2D eigenvalue weighted by atomic mass is 16.2. The van der Waals surface area contributed by atoms with E-state index in [2.05, 4.69) is 15.3 Å². The highest BCUT2D eigenvalue weighted by Crippen LogP contribution is 2.30. The van der Waals surface area contributed by atoms with Gasteiger partial charge < -0.3 is 10.2 Å². The van der Waals surface area contributed by atoms with Crippen molar-refractivity contribution in [2.75, 3.05) is 16.8 Å². The van der Waals surface area contributed by atoms with Crippen LogP contribution in [0.1, 0.15) is 23.0 Å². The van der Waals surface area contributed by atoms with E-state index in [4.69, 9.17) is 0 Å². The average molecular weight is 282 g/mol. The van der Waals surface area contributed by atoms with E-state index in [1.54, 1.807) is 11.8 Å². The first-order valence-corrected chi connectivity index (χ1v) is 6.63. The number of fused-ring (bicyclic) bond motifs is 1. The molecular formula is C15H14N4O2. The molecule has 0 bridgehead atoms. The molecule has 1 aromatic carbocycles. The fourth-order valence-corrected chi connectivity index (χ4v) is 2.40. The fraction of sp³-hybridized carbons (Fsp3) is 0.200. The molecule has 2 heterocycles. The van der Waals surface area contributed by atoms with E-state index in [0.717, 1.165) is 17.7 Å². The Bertz CT molecular complexity index is 700. The molecule has 0 saturated carbocycles. The summed E-state index contributed by atoms with van der Waals surface area (Å²) in [6.45, 7) is 2.23. The van der Waals surface area contributed by atoms with Crippen LogP contribution in [0.15, 0.2) is 36.8 Å². The van der Waals surface area contributed by atoms with Gasteiger partial charge in [0, 0.05) is 37.2 Å². The molecule has 6 nitrogen and oxygen atoms in total. The topological polar surface area (TPSA) is 75.2 Å². The van der Waals surface area contributed by atoms with Gasteiger partial charge in [0.1, 0.15) is 5.69 Å². The third-order valence-corrected chi connectivity index (χ3v) is 3.41. The highest BCUT2D eigenvalue weighted by molar-refractivity contribution is 6.03. The summed E-state index contributed by atoms with van der Waals surface area (Å²) in [5, 5.41) is 2.77. The maximum atomic E-state index is 12.0. The zero-order valence-electron chi connectivity index (χ0n) is 11.5. The molecule has 0 spiro atoms. The predicted octanol–water partition coefficient (Wildman–Crippen LogP) is 1.64. The zero-order chi connectivity index (χ0) is 14.8. The molecule has 0 saturated heterocycles. The van der Waals surface area contributed by atoms with Gasteiger partial charge >= 0.3 is 0 Å². The molecule has 1 aliphatic heterocycles. The van der Waals surface area contributed by atoms with Gasteiger partial charge in [0.2, 0.25) is 5.91 Å². The zero-order valence-corrected chi connectivity index (χ0v) is 11.5. The van der Waals surface area contributed by atoms with Crippen molar-refractivity contribution in [2.45, 2.75) is 13.3 Å². The molecule has 0 aliphatic carbocycles. The number of hydrogen-bond donors (Lipinski definition) is 1. The number of nitrogens with one attached hydrogen (secondary N) is 1. The number of nitrogens with zero attached hydrogens (tertiary/aromatic N) is 3. The minimum Gasteiger partial charge on any atom is -0.321 e. The van der Waals surface area contributed by atoms with E-state index < -0.39 is 0 Å². The lowest BCUT2D eigenvalue weighted by Crippen LogP contribution is -2.25. The van der Waals surface area contributed by atoms with Crippen LogP contribution in [-0.2, 0) is 11.2 Å². The van der Waals surface area contributed by atoms with Crippen LogP contribution in [0.4, 0.5) is 11.4 Å². The number of benzene rings is 1. The first-order chi connectivity index (χ1) is 10.1. The van der Waals surface area contributed by atoms with E-state index in [-0.39, 0.29) is 17.5 Å². The van der Waals surface area contributed by atoms with Crippen LogP contribution in [0, 0.1) is 0 Å². The summed E-state index contributed by atoms with van der Waals surface area (Å²) in [7, 11) is 0. The van der Waals surface area contributed by atoms with E-state index in [0.29, 0.717) is 12.2 Å². The van der Waals surface area contributed by atoms with Crippen molar-refractivity contribution < 1.29 is 9.59 Å². The van der Waals surface area contributed by atoms with Crippen LogP contribution >= 0.6 is 0 Å². The van der Waals surface area contributed by atoms with Gasteiger partial charge in [-0.15, -0.1) is 0 Å². The minimum absolute atomic E-state index is 0.00570. The van der Waals surface area contributed by atoms with Crippen molar-refractivity contribution in [3.05, 3.63) is 48.0 Å². The molecule has 2 aromatic rings. The normalized spacial score (nSPS) is 12.9. The smallest absolute Gasteiger partial charge is 0.275 e. The van der Waals surface area contributed by atoms with Crippen LogP contribution in [0.5, 0.6) is 0 Å². The maximum Gasteiger partial charge on any atom is 0.275 e. The van der Waals surface area contributed by atoms with Gasteiger partial charge in [0.15, 0.2) is 0 Å². The van der Waals surface area contributed by atoms with Gasteiger partial charge in [-0.1, -0.05) is 6.07 Å². The number of carbonyl (C=O) groups is 2. The Morgan fingerprint density at radius 1 is 1.29 bits per heavy atom. The van der Waals surface area contributed by atoms with Gasteiger partial charge in [-0.3, -0.25) is 14.6 Å². The van der Waals surface area contributed by atoms with Crippen LogP contribution < -0.4 is 10.2 Å². The molecular weight excluding hydrogens is 268 g/mol. The second kappa shape index (κ2) is 5.32.